The first kappa shape index (κ1) is 19.2. The maximum Gasteiger partial charge on any atom is 0.338 e. The van der Waals surface area contributed by atoms with Crippen molar-refractivity contribution in [3.63, 3.8) is 0 Å². The van der Waals surface area contributed by atoms with E-state index in [9.17, 15) is 19.1 Å². The molecule has 1 amide bonds. The fourth-order valence-corrected chi connectivity index (χ4v) is 2.88. The zero-order valence-electron chi connectivity index (χ0n) is 14.6. The van der Waals surface area contributed by atoms with Crippen LogP contribution in [0.3, 0.4) is 0 Å². The molecule has 0 saturated heterocycles. The van der Waals surface area contributed by atoms with Crippen LogP contribution in [0.1, 0.15) is 37.7 Å². The highest BCUT2D eigenvalue weighted by molar-refractivity contribution is 5.84. The number of esters is 1. The quantitative estimate of drug-likeness (QED) is 0.792. The van der Waals surface area contributed by atoms with Crippen molar-refractivity contribution in [1.82, 2.24) is 4.90 Å². The van der Waals surface area contributed by atoms with E-state index in [1.54, 1.807) is 6.07 Å². The van der Waals surface area contributed by atoms with E-state index in [4.69, 9.17) is 9.47 Å². The monoisotopic (exact) mass is 353 g/mol. The minimum atomic E-state index is -1.48. The van der Waals surface area contributed by atoms with Crippen molar-refractivity contribution in [2.45, 2.75) is 44.2 Å². The minimum Gasteiger partial charge on any atom is -0.494 e. The van der Waals surface area contributed by atoms with Gasteiger partial charge in [-0.1, -0.05) is 12.5 Å². The molecule has 0 aliphatic heterocycles. The van der Waals surface area contributed by atoms with E-state index in [2.05, 4.69) is 0 Å². The molecule has 1 aromatic carbocycles. The van der Waals surface area contributed by atoms with Crippen LogP contribution in [-0.2, 0) is 20.9 Å². The number of carbonyl (C=O) groups is 2. The lowest BCUT2D eigenvalue weighted by atomic mass is 9.85. The molecule has 6 nitrogen and oxygen atoms in total. The van der Waals surface area contributed by atoms with Gasteiger partial charge in [0.1, 0.15) is 0 Å². The molecule has 0 unspecified atom stereocenters. The van der Waals surface area contributed by atoms with Crippen LogP contribution < -0.4 is 4.74 Å². The normalized spacial score (nSPS) is 16.2. The molecule has 0 radical (unpaired) electrons. The van der Waals surface area contributed by atoms with E-state index in [1.165, 1.54) is 31.2 Å². The fraction of sp³-hybridized carbons (Fsp3) is 0.556. The summed E-state index contributed by atoms with van der Waals surface area (Å²) in [5, 5.41) is 10.3. The van der Waals surface area contributed by atoms with E-state index >= 15 is 0 Å². The number of amides is 1. The molecule has 0 bridgehead atoms. The predicted molar refractivity (Wildman–Crippen MR) is 88.4 cm³/mol. The molecule has 1 N–H and O–H groups in total. The molecular weight excluding hydrogens is 329 g/mol. The summed E-state index contributed by atoms with van der Waals surface area (Å²) in [6, 6.07) is 4.43. The Morgan fingerprint density at radius 1 is 1.28 bits per heavy atom. The molecule has 2 rings (SSSR count). The molecule has 0 spiro atoms. The van der Waals surface area contributed by atoms with Crippen LogP contribution >= 0.6 is 0 Å². The number of ether oxygens (including phenoxy) is 2. The zero-order chi connectivity index (χ0) is 18.4. The molecule has 0 heterocycles. The molecule has 1 aliphatic carbocycles. The van der Waals surface area contributed by atoms with Gasteiger partial charge in [0.15, 0.2) is 23.8 Å². The Labute approximate surface area is 146 Å². The fourth-order valence-electron chi connectivity index (χ4n) is 2.88. The van der Waals surface area contributed by atoms with Crippen molar-refractivity contribution < 1.29 is 28.6 Å². The summed E-state index contributed by atoms with van der Waals surface area (Å²) in [5.41, 5.74) is -0.887. The Morgan fingerprint density at radius 3 is 2.56 bits per heavy atom. The van der Waals surface area contributed by atoms with E-state index in [1.807, 2.05) is 0 Å². The molecule has 1 saturated carbocycles. The van der Waals surface area contributed by atoms with Crippen LogP contribution in [0.4, 0.5) is 4.39 Å². The molecule has 138 valence electrons. The lowest BCUT2D eigenvalue weighted by Gasteiger charge is -2.29. The van der Waals surface area contributed by atoms with Gasteiger partial charge in [-0.3, -0.25) is 4.79 Å². The first-order valence-electron chi connectivity index (χ1n) is 8.32. The van der Waals surface area contributed by atoms with Crippen LogP contribution in [0.25, 0.3) is 0 Å². The third kappa shape index (κ3) is 4.92. The van der Waals surface area contributed by atoms with E-state index < -0.39 is 29.9 Å². The maximum atomic E-state index is 13.7. The number of hydrogen-bond donors (Lipinski definition) is 1. The molecule has 1 aliphatic rings. The highest BCUT2D eigenvalue weighted by atomic mass is 19.1. The van der Waals surface area contributed by atoms with E-state index in [0.29, 0.717) is 18.4 Å². The number of benzene rings is 1. The van der Waals surface area contributed by atoms with Gasteiger partial charge in [0.2, 0.25) is 0 Å². The van der Waals surface area contributed by atoms with Crippen molar-refractivity contribution in [2.75, 3.05) is 20.8 Å². The Kier molecular flexibility index (Phi) is 6.36. The average molecular weight is 353 g/mol. The van der Waals surface area contributed by atoms with Crippen LogP contribution in [0.2, 0.25) is 0 Å². The minimum absolute atomic E-state index is 0.132. The summed E-state index contributed by atoms with van der Waals surface area (Å²) in [5.74, 6) is -1.55. The third-order valence-corrected chi connectivity index (χ3v) is 4.45. The van der Waals surface area contributed by atoms with Crippen molar-refractivity contribution in [2.24, 2.45) is 0 Å². The molecule has 1 fully saturated rings. The van der Waals surface area contributed by atoms with Gasteiger partial charge in [-0.2, -0.15) is 0 Å². The van der Waals surface area contributed by atoms with Crippen molar-refractivity contribution in [1.29, 1.82) is 0 Å². The number of carbonyl (C=O) groups excluding carboxylic acids is 2. The van der Waals surface area contributed by atoms with Crippen LogP contribution in [0.5, 0.6) is 5.75 Å². The number of aliphatic hydroxyl groups is 1. The van der Waals surface area contributed by atoms with Crippen molar-refractivity contribution in [3.05, 3.63) is 29.6 Å². The zero-order valence-corrected chi connectivity index (χ0v) is 14.6. The van der Waals surface area contributed by atoms with Crippen LogP contribution in [0, 0.1) is 5.82 Å². The topological polar surface area (TPSA) is 76.1 Å². The third-order valence-electron chi connectivity index (χ3n) is 4.45. The number of rotatable bonds is 6. The van der Waals surface area contributed by atoms with Gasteiger partial charge in [-0.05, 0) is 43.4 Å². The summed E-state index contributed by atoms with van der Waals surface area (Å²) in [4.78, 5) is 25.4. The Balaban J connectivity index is 1.85. The average Bonchev–Trinajstić information content (AvgIpc) is 2.60. The predicted octanol–water partition coefficient (Wildman–Crippen LogP) is 2.03. The summed E-state index contributed by atoms with van der Waals surface area (Å²) < 4.78 is 23.5. The lowest BCUT2D eigenvalue weighted by molar-refractivity contribution is -0.172. The van der Waals surface area contributed by atoms with Crippen LogP contribution in [0.15, 0.2) is 18.2 Å². The number of methoxy groups -OCH3 is 1. The van der Waals surface area contributed by atoms with Gasteiger partial charge < -0.3 is 19.5 Å². The standard InChI is InChI=1S/C18H24FNO5/c1-20(11-13-6-7-15(24-2)14(19)10-13)16(21)12-25-17(22)18(23)8-4-3-5-9-18/h6-7,10,23H,3-5,8-9,11-12H2,1-2H3. The van der Waals surface area contributed by atoms with Crippen LogP contribution in [-0.4, -0.2) is 48.2 Å². The second kappa shape index (κ2) is 8.29. The number of halogens is 1. The first-order chi connectivity index (χ1) is 11.9. The Morgan fingerprint density at radius 2 is 1.96 bits per heavy atom. The molecule has 0 atom stereocenters. The molecule has 25 heavy (non-hydrogen) atoms. The SMILES string of the molecule is COc1ccc(CN(C)C(=O)COC(=O)C2(O)CCCCC2)cc1F. The molecular formula is C18H24FNO5. The second-order valence-corrected chi connectivity index (χ2v) is 6.39. The second-order valence-electron chi connectivity index (χ2n) is 6.39. The van der Waals surface area contributed by atoms with E-state index in [-0.39, 0.29) is 12.3 Å². The highest BCUT2D eigenvalue weighted by Gasteiger charge is 2.39. The van der Waals surface area contributed by atoms with Gasteiger partial charge in [-0.15, -0.1) is 0 Å². The summed E-state index contributed by atoms with van der Waals surface area (Å²) in [7, 11) is 2.91. The van der Waals surface area contributed by atoms with Crippen molar-refractivity contribution >= 4 is 11.9 Å². The number of nitrogens with zero attached hydrogens (tertiary/aromatic N) is 1. The summed E-state index contributed by atoms with van der Waals surface area (Å²) in [6.45, 7) is -0.280. The Hall–Kier alpha value is -2.15. The number of hydrogen-bond acceptors (Lipinski definition) is 5. The lowest BCUT2D eigenvalue weighted by Crippen LogP contribution is -2.43. The van der Waals surface area contributed by atoms with Gasteiger partial charge >= 0.3 is 5.97 Å². The van der Waals surface area contributed by atoms with Gasteiger partial charge in [0, 0.05) is 13.6 Å². The molecule has 0 aromatic heterocycles. The Bertz CT molecular complexity index is 628. The highest BCUT2D eigenvalue weighted by Crippen LogP contribution is 2.29. The molecule has 7 heteroatoms. The number of likely N-dealkylation sites (N-methyl/N-ethyl adjacent to an activating group) is 1. The van der Waals surface area contributed by atoms with Crippen molar-refractivity contribution in [3.8, 4) is 5.75 Å². The van der Waals surface area contributed by atoms with Gasteiger partial charge in [0.25, 0.3) is 5.91 Å². The summed E-state index contributed by atoms with van der Waals surface area (Å²) in [6.07, 6.45) is 3.24. The summed E-state index contributed by atoms with van der Waals surface area (Å²) >= 11 is 0. The van der Waals surface area contributed by atoms with Gasteiger partial charge in [0.05, 0.1) is 7.11 Å². The smallest absolute Gasteiger partial charge is 0.338 e. The first-order valence-corrected chi connectivity index (χ1v) is 8.32. The maximum absolute atomic E-state index is 13.7. The van der Waals surface area contributed by atoms with Gasteiger partial charge in [-0.25, -0.2) is 9.18 Å². The largest absolute Gasteiger partial charge is 0.494 e. The van der Waals surface area contributed by atoms with E-state index in [0.717, 1.165) is 19.3 Å². The molecule has 1 aromatic rings.